The Morgan fingerprint density at radius 1 is 1.32 bits per heavy atom. The predicted octanol–water partition coefficient (Wildman–Crippen LogP) is 2.59. The fraction of sp³-hybridized carbons (Fsp3) is 0.438. The molecule has 0 fully saturated rings. The van der Waals surface area contributed by atoms with E-state index in [-0.39, 0.29) is 5.91 Å². The third-order valence-electron chi connectivity index (χ3n) is 3.23. The zero-order valence-electron chi connectivity index (χ0n) is 13.0. The molecule has 0 aliphatic heterocycles. The van der Waals surface area contributed by atoms with E-state index in [2.05, 4.69) is 22.4 Å². The second-order valence-electron chi connectivity index (χ2n) is 4.94. The highest BCUT2D eigenvalue weighted by molar-refractivity contribution is 5.75. The summed E-state index contributed by atoms with van der Waals surface area (Å²) in [4.78, 5) is 15.8. The van der Waals surface area contributed by atoms with Gasteiger partial charge in [-0.25, -0.2) is 0 Å². The number of carbonyl (C=O) groups is 1. The van der Waals surface area contributed by atoms with E-state index >= 15 is 0 Å². The molecule has 0 radical (unpaired) electrons. The van der Waals surface area contributed by atoms with Crippen LogP contribution >= 0.6 is 0 Å². The number of rotatable bonds is 8. The van der Waals surface area contributed by atoms with Crippen LogP contribution < -0.4 is 10.1 Å². The summed E-state index contributed by atoms with van der Waals surface area (Å²) in [5, 5.41) is 6.80. The third kappa shape index (κ3) is 4.58. The van der Waals surface area contributed by atoms with Crippen molar-refractivity contribution in [3.05, 3.63) is 30.2 Å². The van der Waals surface area contributed by atoms with Crippen molar-refractivity contribution in [1.29, 1.82) is 0 Å². The zero-order chi connectivity index (χ0) is 15.8. The van der Waals surface area contributed by atoms with Crippen LogP contribution in [0.2, 0.25) is 0 Å². The molecule has 6 nitrogen and oxygen atoms in total. The quantitative estimate of drug-likeness (QED) is 0.811. The van der Waals surface area contributed by atoms with E-state index in [4.69, 9.17) is 9.26 Å². The molecule has 2 rings (SSSR count). The zero-order valence-corrected chi connectivity index (χ0v) is 13.0. The number of amides is 1. The number of unbranched alkanes of at least 4 members (excludes halogenated alkanes) is 1. The van der Waals surface area contributed by atoms with Gasteiger partial charge in [0.2, 0.25) is 17.6 Å². The minimum absolute atomic E-state index is 0.0664. The number of hydrogen-bond donors (Lipinski definition) is 1. The molecule has 1 amide bonds. The lowest BCUT2D eigenvalue weighted by atomic mass is 10.2. The molecule has 0 spiro atoms. The lowest BCUT2D eigenvalue weighted by Crippen LogP contribution is -2.25. The van der Waals surface area contributed by atoms with Crippen LogP contribution in [-0.4, -0.2) is 29.7 Å². The van der Waals surface area contributed by atoms with Gasteiger partial charge in [0.25, 0.3) is 0 Å². The Labute approximate surface area is 129 Å². The summed E-state index contributed by atoms with van der Waals surface area (Å²) in [6.45, 7) is 2.57. The van der Waals surface area contributed by atoms with Gasteiger partial charge >= 0.3 is 0 Å². The Morgan fingerprint density at radius 3 is 2.77 bits per heavy atom. The molecule has 6 heteroatoms. The molecule has 0 atom stereocenters. The summed E-state index contributed by atoms with van der Waals surface area (Å²) in [6.07, 6.45) is 3.02. The normalized spacial score (nSPS) is 10.5. The van der Waals surface area contributed by atoms with E-state index in [0.717, 1.165) is 24.2 Å². The molecule has 0 unspecified atom stereocenters. The van der Waals surface area contributed by atoms with Gasteiger partial charge in [-0.2, -0.15) is 4.98 Å². The topological polar surface area (TPSA) is 77.2 Å². The number of aromatic nitrogens is 2. The summed E-state index contributed by atoms with van der Waals surface area (Å²) in [7, 11) is 1.62. The molecule has 1 aromatic heterocycles. The molecule has 22 heavy (non-hydrogen) atoms. The van der Waals surface area contributed by atoms with Crippen molar-refractivity contribution in [2.24, 2.45) is 0 Å². The van der Waals surface area contributed by atoms with Crippen molar-refractivity contribution < 1.29 is 14.1 Å². The standard InChI is InChI=1S/C16H21N3O3/c1-3-4-5-14(20)17-11-10-15-18-16(19-22-15)12-6-8-13(21-2)9-7-12/h6-9H,3-5,10-11H2,1-2H3,(H,17,20). The van der Waals surface area contributed by atoms with E-state index in [9.17, 15) is 4.79 Å². The molecular weight excluding hydrogens is 282 g/mol. The molecule has 0 saturated carbocycles. The van der Waals surface area contributed by atoms with Gasteiger partial charge in [0.05, 0.1) is 7.11 Å². The molecule has 1 aromatic carbocycles. The molecule has 2 aromatic rings. The highest BCUT2D eigenvalue weighted by Gasteiger charge is 2.09. The number of nitrogens with zero attached hydrogens (tertiary/aromatic N) is 2. The lowest BCUT2D eigenvalue weighted by molar-refractivity contribution is -0.121. The van der Waals surface area contributed by atoms with Crippen molar-refractivity contribution >= 4 is 5.91 Å². The highest BCUT2D eigenvalue weighted by Crippen LogP contribution is 2.19. The Kier molecular flexibility index (Phi) is 5.94. The average molecular weight is 303 g/mol. The smallest absolute Gasteiger partial charge is 0.228 e. The predicted molar refractivity (Wildman–Crippen MR) is 82.5 cm³/mol. The summed E-state index contributed by atoms with van der Waals surface area (Å²) in [5.41, 5.74) is 0.864. The van der Waals surface area contributed by atoms with E-state index < -0.39 is 0 Å². The van der Waals surface area contributed by atoms with Gasteiger partial charge in [-0.3, -0.25) is 4.79 Å². The lowest BCUT2D eigenvalue weighted by Gasteiger charge is -2.01. The van der Waals surface area contributed by atoms with Gasteiger partial charge in [-0.1, -0.05) is 18.5 Å². The van der Waals surface area contributed by atoms with Crippen LogP contribution in [0, 0.1) is 0 Å². The van der Waals surface area contributed by atoms with E-state index in [0.29, 0.717) is 31.1 Å². The molecule has 0 saturated heterocycles. The van der Waals surface area contributed by atoms with Gasteiger partial charge < -0.3 is 14.6 Å². The van der Waals surface area contributed by atoms with Crippen LogP contribution in [0.3, 0.4) is 0 Å². The van der Waals surface area contributed by atoms with Gasteiger partial charge in [-0.15, -0.1) is 0 Å². The fourth-order valence-corrected chi connectivity index (χ4v) is 1.95. The number of hydrogen-bond acceptors (Lipinski definition) is 5. The molecule has 0 bridgehead atoms. The molecule has 0 aliphatic carbocycles. The summed E-state index contributed by atoms with van der Waals surface area (Å²) in [5.74, 6) is 1.90. The molecule has 118 valence electrons. The van der Waals surface area contributed by atoms with E-state index in [1.54, 1.807) is 7.11 Å². The monoisotopic (exact) mass is 303 g/mol. The van der Waals surface area contributed by atoms with Crippen molar-refractivity contribution in [2.45, 2.75) is 32.6 Å². The van der Waals surface area contributed by atoms with Crippen LogP contribution in [0.4, 0.5) is 0 Å². The van der Waals surface area contributed by atoms with Crippen LogP contribution in [0.25, 0.3) is 11.4 Å². The maximum absolute atomic E-state index is 11.5. The first kappa shape index (κ1) is 16.0. The molecule has 1 heterocycles. The minimum Gasteiger partial charge on any atom is -0.497 e. The summed E-state index contributed by atoms with van der Waals surface area (Å²) < 4.78 is 10.3. The van der Waals surface area contributed by atoms with Gasteiger partial charge in [0.15, 0.2) is 0 Å². The van der Waals surface area contributed by atoms with Crippen LogP contribution in [0.15, 0.2) is 28.8 Å². The second kappa shape index (κ2) is 8.17. The number of benzene rings is 1. The summed E-state index contributed by atoms with van der Waals surface area (Å²) in [6, 6.07) is 7.44. The van der Waals surface area contributed by atoms with Gasteiger partial charge in [0.1, 0.15) is 5.75 Å². The third-order valence-corrected chi connectivity index (χ3v) is 3.23. The largest absolute Gasteiger partial charge is 0.497 e. The van der Waals surface area contributed by atoms with E-state index in [1.807, 2.05) is 24.3 Å². The van der Waals surface area contributed by atoms with Crippen LogP contribution in [0.1, 0.15) is 32.1 Å². The van der Waals surface area contributed by atoms with Crippen molar-refractivity contribution in [2.75, 3.05) is 13.7 Å². The van der Waals surface area contributed by atoms with Crippen LogP contribution in [-0.2, 0) is 11.2 Å². The molecule has 1 N–H and O–H groups in total. The average Bonchev–Trinajstić information content (AvgIpc) is 3.02. The Hall–Kier alpha value is -2.37. The maximum atomic E-state index is 11.5. The summed E-state index contributed by atoms with van der Waals surface area (Å²) >= 11 is 0. The first-order valence-electron chi connectivity index (χ1n) is 7.46. The number of methoxy groups -OCH3 is 1. The van der Waals surface area contributed by atoms with E-state index in [1.165, 1.54) is 0 Å². The number of nitrogens with one attached hydrogen (secondary N) is 1. The Morgan fingerprint density at radius 2 is 2.09 bits per heavy atom. The molecule has 0 aliphatic rings. The number of carbonyl (C=O) groups excluding carboxylic acids is 1. The Bertz CT molecular complexity index is 593. The SMILES string of the molecule is CCCCC(=O)NCCc1nc(-c2ccc(OC)cc2)no1. The minimum atomic E-state index is 0.0664. The van der Waals surface area contributed by atoms with Crippen molar-refractivity contribution in [1.82, 2.24) is 15.5 Å². The van der Waals surface area contributed by atoms with Crippen molar-refractivity contribution in [3.63, 3.8) is 0 Å². The van der Waals surface area contributed by atoms with Crippen molar-refractivity contribution in [3.8, 4) is 17.1 Å². The highest BCUT2D eigenvalue weighted by atomic mass is 16.5. The second-order valence-corrected chi connectivity index (χ2v) is 4.94. The number of ether oxygens (including phenoxy) is 1. The molecular formula is C16H21N3O3. The first-order valence-corrected chi connectivity index (χ1v) is 7.46. The Balaban J connectivity index is 1.84. The van der Waals surface area contributed by atoms with Gasteiger partial charge in [-0.05, 0) is 30.7 Å². The van der Waals surface area contributed by atoms with Crippen LogP contribution in [0.5, 0.6) is 5.75 Å². The maximum Gasteiger partial charge on any atom is 0.228 e. The van der Waals surface area contributed by atoms with Gasteiger partial charge in [0, 0.05) is 24.9 Å². The first-order chi connectivity index (χ1) is 10.7. The fourth-order valence-electron chi connectivity index (χ4n) is 1.95.